The van der Waals surface area contributed by atoms with E-state index in [1.54, 1.807) is 0 Å². The monoisotopic (exact) mass is 376 g/mol. The number of piperazine rings is 1. The molecule has 4 nitrogen and oxygen atoms in total. The zero-order valence-corrected chi connectivity index (χ0v) is 13.3. The second-order valence-corrected chi connectivity index (χ2v) is 5.19. The maximum atomic E-state index is 14.3. The first kappa shape index (κ1) is 20.9. The number of nitrogens with one attached hydrogen (secondary N) is 1. The van der Waals surface area contributed by atoms with Crippen LogP contribution in [0, 0.1) is 0 Å². The lowest BCUT2D eigenvalue weighted by Crippen LogP contribution is -2.51. The second-order valence-electron chi connectivity index (χ2n) is 5.19. The largest absolute Gasteiger partial charge is 0.573 e. The summed E-state index contributed by atoms with van der Waals surface area (Å²) in [5, 5.41) is 12.0. The summed E-state index contributed by atoms with van der Waals surface area (Å²) in [6.07, 6.45) is -4.99. The van der Waals surface area contributed by atoms with E-state index in [4.69, 9.17) is 5.11 Å². The number of hydrogen-bond acceptors (Lipinski definition) is 4. The normalized spacial score (nSPS) is 17.9. The Kier molecular flexibility index (Phi) is 7.21. The van der Waals surface area contributed by atoms with Crippen LogP contribution >= 0.6 is 12.4 Å². The molecule has 0 aromatic heterocycles. The molecule has 1 aliphatic heterocycles. The molecule has 2 N–H and O–H groups in total. The molecule has 1 heterocycles. The number of ether oxygens (including phenoxy) is 1. The summed E-state index contributed by atoms with van der Waals surface area (Å²) >= 11 is 0. The summed E-state index contributed by atoms with van der Waals surface area (Å²) in [4.78, 5) is 1.35. The van der Waals surface area contributed by atoms with Gasteiger partial charge in [0.1, 0.15) is 18.4 Å². The molecule has 1 saturated heterocycles. The summed E-state index contributed by atoms with van der Waals surface area (Å²) in [6, 6.07) is 3.09. The van der Waals surface area contributed by atoms with Gasteiger partial charge in [0.15, 0.2) is 0 Å². The summed E-state index contributed by atoms with van der Waals surface area (Å²) in [6.45, 7) is -0.163. The number of halogens is 6. The van der Waals surface area contributed by atoms with Crippen LogP contribution in [0.4, 0.5) is 22.0 Å². The van der Waals surface area contributed by atoms with E-state index in [0.29, 0.717) is 13.1 Å². The lowest BCUT2D eigenvalue weighted by molar-refractivity contribution is -0.275. The van der Waals surface area contributed by atoms with Crippen LogP contribution in [0.1, 0.15) is 11.6 Å². The molecule has 0 bridgehead atoms. The average molecular weight is 377 g/mol. The molecule has 1 atom stereocenters. The topological polar surface area (TPSA) is 44.7 Å². The van der Waals surface area contributed by atoms with E-state index >= 15 is 0 Å². The Morgan fingerprint density at radius 2 is 1.71 bits per heavy atom. The summed E-state index contributed by atoms with van der Waals surface area (Å²) in [5.41, 5.74) is -0.300. The smallest absolute Gasteiger partial charge is 0.405 e. The molecule has 0 aliphatic carbocycles. The molecule has 138 valence electrons. The van der Waals surface area contributed by atoms with Crippen molar-refractivity contribution in [2.24, 2.45) is 0 Å². The Balaban J connectivity index is 0.00000288. The highest BCUT2D eigenvalue weighted by Crippen LogP contribution is 2.41. The molecule has 1 aromatic rings. The van der Waals surface area contributed by atoms with Crippen molar-refractivity contribution >= 4 is 12.4 Å². The second kappa shape index (κ2) is 8.28. The quantitative estimate of drug-likeness (QED) is 0.775. The van der Waals surface area contributed by atoms with Gasteiger partial charge in [0.25, 0.3) is 5.92 Å². The zero-order valence-electron chi connectivity index (χ0n) is 12.5. The molecule has 24 heavy (non-hydrogen) atoms. The fourth-order valence-electron chi connectivity index (χ4n) is 2.64. The average Bonchev–Trinajstić information content (AvgIpc) is 2.49. The highest BCUT2D eigenvalue weighted by molar-refractivity contribution is 5.85. The van der Waals surface area contributed by atoms with E-state index in [-0.39, 0.29) is 31.1 Å². The molecule has 1 fully saturated rings. The Morgan fingerprint density at radius 3 is 2.25 bits per heavy atom. The molecule has 10 heteroatoms. The standard InChI is InChI=1S/C14H17F5N2O2.ClH/c15-13(16,9-22)12(21-7-5-20-6-8-21)10-3-1-2-4-11(10)23-14(17,18)19;/h1-4,12,20,22H,5-9H2;1H/t12-;/m0./s1. The first-order valence-corrected chi connectivity index (χ1v) is 7.03. The van der Waals surface area contributed by atoms with Crippen LogP contribution in [-0.2, 0) is 0 Å². The van der Waals surface area contributed by atoms with Gasteiger partial charge < -0.3 is 15.2 Å². The summed E-state index contributed by atoms with van der Waals surface area (Å²) in [5.74, 6) is -4.29. The van der Waals surface area contributed by atoms with Gasteiger partial charge >= 0.3 is 6.36 Å². The van der Waals surface area contributed by atoms with E-state index in [2.05, 4.69) is 10.1 Å². The van der Waals surface area contributed by atoms with Gasteiger partial charge in [0.2, 0.25) is 0 Å². The molecule has 0 radical (unpaired) electrons. The minimum Gasteiger partial charge on any atom is -0.405 e. The number of benzene rings is 1. The van der Waals surface area contributed by atoms with Crippen LogP contribution in [0.15, 0.2) is 24.3 Å². The van der Waals surface area contributed by atoms with Crippen LogP contribution in [0.5, 0.6) is 5.75 Å². The molecule has 2 rings (SSSR count). The van der Waals surface area contributed by atoms with E-state index in [9.17, 15) is 22.0 Å². The molecule has 0 amide bonds. The predicted octanol–water partition coefficient (Wildman–Crippen LogP) is 2.58. The zero-order chi connectivity index (χ0) is 17.1. The predicted molar refractivity (Wildman–Crippen MR) is 79.6 cm³/mol. The number of rotatable bonds is 5. The minimum atomic E-state index is -4.99. The molecule has 0 spiro atoms. The van der Waals surface area contributed by atoms with Crippen molar-refractivity contribution in [2.45, 2.75) is 18.3 Å². The van der Waals surface area contributed by atoms with Gasteiger partial charge in [-0.1, -0.05) is 18.2 Å². The van der Waals surface area contributed by atoms with E-state index < -0.39 is 30.7 Å². The Hall–Kier alpha value is -1.16. The van der Waals surface area contributed by atoms with Crippen LogP contribution in [-0.4, -0.2) is 55.1 Å². The van der Waals surface area contributed by atoms with Gasteiger partial charge in [-0.2, -0.15) is 0 Å². The van der Waals surface area contributed by atoms with Gasteiger partial charge in [-0.3, -0.25) is 4.90 Å². The summed E-state index contributed by atoms with van der Waals surface area (Å²) < 4.78 is 70.0. The molecule has 0 saturated carbocycles. The van der Waals surface area contributed by atoms with Crippen LogP contribution in [0.3, 0.4) is 0 Å². The van der Waals surface area contributed by atoms with Gasteiger partial charge in [0.05, 0.1) is 0 Å². The minimum absolute atomic E-state index is 0. The van der Waals surface area contributed by atoms with E-state index in [0.717, 1.165) is 12.1 Å². The van der Waals surface area contributed by atoms with Gasteiger partial charge in [0, 0.05) is 31.7 Å². The Labute approximate surface area is 142 Å². The summed E-state index contributed by atoms with van der Waals surface area (Å²) in [7, 11) is 0. The third-order valence-corrected chi connectivity index (χ3v) is 3.57. The molecular formula is C14H18ClF5N2O2. The van der Waals surface area contributed by atoms with Crippen molar-refractivity contribution in [1.29, 1.82) is 0 Å². The SMILES string of the molecule is Cl.OCC(F)(F)[C@H](c1ccccc1OC(F)(F)F)N1CCNCC1. The van der Waals surface area contributed by atoms with E-state index in [1.165, 1.54) is 17.0 Å². The number of hydrogen-bond donors (Lipinski definition) is 2. The van der Waals surface area contributed by atoms with Crippen molar-refractivity contribution in [3.8, 4) is 5.75 Å². The highest BCUT2D eigenvalue weighted by Gasteiger charge is 2.46. The third kappa shape index (κ3) is 5.17. The third-order valence-electron chi connectivity index (χ3n) is 3.57. The van der Waals surface area contributed by atoms with Crippen molar-refractivity contribution < 1.29 is 31.8 Å². The van der Waals surface area contributed by atoms with E-state index in [1.807, 2.05) is 0 Å². The van der Waals surface area contributed by atoms with Crippen LogP contribution in [0.2, 0.25) is 0 Å². The van der Waals surface area contributed by atoms with Crippen molar-refractivity contribution in [3.05, 3.63) is 29.8 Å². The maximum absolute atomic E-state index is 14.3. The number of alkyl halides is 5. The Bertz CT molecular complexity index is 524. The van der Waals surface area contributed by atoms with Crippen molar-refractivity contribution in [3.63, 3.8) is 0 Å². The van der Waals surface area contributed by atoms with Gasteiger partial charge in [-0.05, 0) is 6.07 Å². The fourth-order valence-corrected chi connectivity index (χ4v) is 2.64. The number of nitrogens with zero attached hydrogens (tertiary/aromatic N) is 1. The maximum Gasteiger partial charge on any atom is 0.573 e. The van der Waals surface area contributed by atoms with Gasteiger partial charge in [-0.25, -0.2) is 8.78 Å². The van der Waals surface area contributed by atoms with Crippen LogP contribution < -0.4 is 10.1 Å². The lowest BCUT2D eigenvalue weighted by atomic mass is 9.97. The molecule has 1 aliphatic rings. The van der Waals surface area contributed by atoms with Crippen LogP contribution in [0.25, 0.3) is 0 Å². The number of aliphatic hydroxyl groups is 1. The highest BCUT2D eigenvalue weighted by atomic mass is 35.5. The number of para-hydroxylation sites is 1. The molecule has 0 unspecified atom stereocenters. The van der Waals surface area contributed by atoms with Gasteiger partial charge in [-0.15, -0.1) is 25.6 Å². The fraction of sp³-hybridized carbons (Fsp3) is 0.571. The lowest BCUT2D eigenvalue weighted by Gasteiger charge is -2.39. The molecular weight excluding hydrogens is 359 g/mol. The first-order chi connectivity index (χ1) is 10.7. The van der Waals surface area contributed by atoms with Crippen molar-refractivity contribution in [1.82, 2.24) is 10.2 Å². The van der Waals surface area contributed by atoms with Crippen molar-refractivity contribution in [2.75, 3.05) is 32.8 Å². The molecule has 1 aromatic carbocycles. The Morgan fingerprint density at radius 1 is 1.12 bits per heavy atom. The number of aliphatic hydroxyl groups excluding tert-OH is 1. The first-order valence-electron chi connectivity index (χ1n) is 7.03.